The molecule has 2 unspecified atom stereocenters. The van der Waals surface area contributed by atoms with Gasteiger partial charge in [0.15, 0.2) is 11.6 Å². The van der Waals surface area contributed by atoms with E-state index in [1.54, 1.807) is 0 Å². The molecule has 2 atom stereocenters. The van der Waals surface area contributed by atoms with Gasteiger partial charge in [0.25, 0.3) is 0 Å². The molecule has 2 aromatic carbocycles. The van der Waals surface area contributed by atoms with Crippen molar-refractivity contribution in [3.8, 4) is 11.4 Å². The Labute approximate surface area is 313 Å². The number of halogens is 2. The minimum Gasteiger partial charge on any atom is -0.379 e. The highest BCUT2D eigenvalue weighted by Crippen LogP contribution is 2.31. The molecule has 0 saturated carbocycles. The van der Waals surface area contributed by atoms with Crippen molar-refractivity contribution in [1.29, 1.82) is 0 Å². The molecule has 14 heteroatoms. The van der Waals surface area contributed by atoms with Crippen molar-refractivity contribution in [2.24, 2.45) is 0 Å². The lowest BCUT2D eigenvalue weighted by Crippen LogP contribution is -2.44. The van der Waals surface area contributed by atoms with E-state index in [2.05, 4.69) is 38.9 Å². The fraction of sp³-hybridized carbons (Fsp3) is 0.368. The number of rotatable bonds is 4. The van der Waals surface area contributed by atoms with E-state index in [1.165, 1.54) is 0 Å². The third-order valence-electron chi connectivity index (χ3n) is 9.10. The van der Waals surface area contributed by atoms with Crippen LogP contribution in [-0.4, -0.2) is 107 Å². The first-order chi connectivity index (χ1) is 25.5. The zero-order valence-electron chi connectivity index (χ0n) is 29.4. The zero-order chi connectivity index (χ0) is 35.9. The molecule has 7 heterocycles. The molecular formula is C38H43Cl2N9O3. The number of nitrogens with zero attached hydrogens (tertiary/aromatic N) is 8. The van der Waals surface area contributed by atoms with Crippen molar-refractivity contribution in [3.05, 3.63) is 95.5 Å². The van der Waals surface area contributed by atoms with Crippen LogP contribution in [0.4, 0.5) is 11.6 Å². The number of benzene rings is 2. The molecule has 0 radical (unpaired) electrons. The summed E-state index contributed by atoms with van der Waals surface area (Å²) < 4.78 is 20.0. The molecule has 9 rings (SSSR count). The van der Waals surface area contributed by atoms with E-state index >= 15 is 0 Å². The summed E-state index contributed by atoms with van der Waals surface area (Å²) in [4.78, 5) is 13.1. The Balaban J connectivity index is 0.000000139. The quantitative estimate of drug-likeness (QED) is 0.224. The van der Waals surface area contributed by atoms with E-state index in [0.717, 1.165) is 111 Å². The SMILES string of the molecule is C1COCCN1.CC1CN(c2nn(-c3ccc(Cl)cc3)c3cnccc23)CCO1.CC1COCCN1c1nn(-c2ccc(Cl)cc2)c2cnccc12. The van der Waals surface area contributed by atoms with E-state index < -0.39 is 0 Å². The monoisotopic (exact) mass is 743 g/mol. The average Bonchev–Trinajstić information content (AvgIpc) is 3.77. The minimum absolute atomic E-state index is 0.210. The molecule has 272 valence electrons. The first-order valence-electron chi connectivity index (χ1n) is 17.6. The molecule has 1 N–H and O–H groups in total. The van der Waals surface area contributed by atoms with Gasteiger partial charge in [0.05, 0.1) is 80.0 Å². The summed E-state index contributed by atoms with van der Waals surface area (Å²) in [6.45, 7) is 12.8. The number of fused-ring (bicyclic) bond motifs is 2. The lowest BCUT2D eigenvalue weighted by Gasteiger charge is -2.33. The van der Waals surface area contributed by atoms with Gasteiger partial charge in [0.1, 0.15) is 0 Å². The fourth-order valence-corrected chi connectivity index (χ4v) is 6.72. The Morgan fingerprint density at radius 2 is 1.25 bits per heavy atom. The standard InChI is InChI=1S/2C17H17ClN4O.C4H9NO/c1-12-11-23-9-8-21(12)17-15-6-7-19-10-16(15)22(20-17)14-4-2-13(18)3-5-14;1-12-11-21(8-9-23-12)17-15-6-7-19-10-16(15)22(20-17)14-4-2-13(18)3-5-14;1-3-6-4-2-5-1/h2*2-7,10,12H,8-9,11H2,1H3;5H,1-4H2. The first-order valence-corrected chi connectivity index (χ1v) is 18.4. The van der Waals surface area contributed by atoms with Crippen LogP contribution in [0, 0.1) is 0 Å². The highest BCUT2D eigenvalue weighted by molar-refractivity contribution is 6.30. The lowest BCUT2D eigenvalue weighted by molar-refractivity contribution is 0.0530. The Morgan fingerprint density at radius 3 is 1.77 bits per heavy atom. The number of pyridine rings is 2. The van der Waals surface area contributed by atoms with Crippen LogP contribution < -0.4 is 15.1 Å². The summed E-state index contributed by atoms with van der Waals surface area (Å²) >= 11 is 12.0. The summed E-state index contributed by atoms with van der Waals surface area (Å²) in [5.74, 6) is 1.96. The predicted molar refractivity (Wildman–Crippen MR) is 207 cm³/mol. The Morgan fingerprint density at radius 1 is 0.673 bits per heavy atom. The van der Waals surface area contributed by atoms with Crippen molar-refractivity contribution in [2.75, 3.05) is 75.6 Å². The molecule has 0 bridgehead atoms. The second-order valence-corrected chi connectivity index (χ2v) is 13.7. The van der Waals surface area contributed by atoms with Crippen LogP contribution in [0.2, 0.25) is 10.0 Å². The molecule has 3 fully saturated rings. The number of hydrogen-bond acceptors (Lipinski definition) is 10. The van der Waals surface area contributed by atoms with Gasteiger partial charge in [-0.2, -0.15) is 0 Å². The predicted octanol–water partition coefficient (Wildman–Crippen LogP) is 6.20. The van der Waals surface area contributed by atoms with Crippen LogP contribution >= 0.6 is 23.2 Å². The van der Waals surface area contributed by atoms with Crippen LogP contribution in [0.15, 0.2) is 85.5 Å². The smallest absolute Gasteiger partial charge is 0.159 e. The highest BCUT2D eigenvalue weighted by Gasteiger charge is 2.25. The summed E-state index contributed by atoms with van der Waals surface area (Å²) in [6.07, 6.45) is 7.53. The third-order valence-corrected chi connectivity index (χ3v) is 9.60. The lowest BCUT2D eigenvalue weighted by atomic mass is 10.2. The van der Waals surface area contributed by atoms with Crippen molar-refractivity contribution in [1.82, 2.24) is 34.8 Å². The molecule has 3 aliphatic rings. The summed E-state index contributed by atoms with van der Waals surface area (Å²) in [6, 6.07) is 19.7. The van der Waals surface area contributed by atoms with Crippen LogP contribution in [0.1, 0.15) is 13.8 Å². The van der Waals surface area contributed by atoms with Gasteiger partial charge in [-0.1, -0.05) is 23.2 Å². The fourth-order valence-electron chi connectivity index (χ4n) is 6.47. The van der Waals surface area contributed by atoms with Gasteiger partial charge < -0.3 is 29.3 Å². The Bertz CT molecular complexity index is 2040. The minimum atomic E-state index is 0.210. The van der Waals surface area contributed by atoms with Gasteiger partial charge in [-0.3, -0.25) is 9.97 Å². The van der Waals surface area contributed by atoms with Crippen molar-refractivity contribution < 1.29 is 14.2 Å². The number of aromatic nitrogens is 6. The molecule has 12 nitrogen and oxygen atoms in total. The molecule has 0 amide bonds. The van der Waals surface area contributed by atoms with Crippen LogP contribution in [-0.2, 0) is 14.2 Å². The molecule has 4 aromatic heterocycles. The molecule has 52 heavy (non-hydrogen) atoms. The number of anilines is 2. The van der Waals surface area contributed by atoms with E-state index in [1.807, 2.05) is 94.8 Å². The van der Waals surface area contributed by atoms with Crippen LogP contribution in [0.3, 0.4) is 0 Å². The Kier molecular flexibility index (Phi) is 11.8. The van der Waals surface area contributed by atoms with Crippen molar-refractivity contribution >= 4 is 56.6 Å². The normalized spacial score (nSPS) is 19.2. The largest absolute Gasteiger partial charge is 0.379 e. The van der Waals surface area contributed by atoms with E-state index in [4.69, 9.17) is 47.6 Å². The highest BCUT2D eigenvalue weighted by atomic mass is 35.5. The maximum atomic E-state index is 6.00. The Hall–Kier alpha value is -4.30. The van der Waals surface area contributed by atoms with Crippen molar-refractivity contribution in [3.63, 3.8) is 0 Å². The maximum Gasteiger partial charge on any atom is 0.159 e. The number of ether oxygens (including phenoxy) is 3. The van der Waals surface area contributed by atoms with Gasteiger partial charge in [-0.25, -0.2) is 9.36 Å². The summed E-state index contributed by atoms with van der Waals surface area (Å²) in [7, 11) is 0. The number of hydrogen-bond donors (Lipinski definition) is 1. The number of nitrogens with one attached hydrogen (secondary N) is 1. The van der Waals surface area contributed by atoms with Crippen molar-refractivity contribution in [2.45, 2.75) is 26.0 Å². The molecule has 3 saturated heterocycles. The average molecular weight is 745 g/mol. The van der Waals surface area contributed by atoms with E-state index in [9.17, 15) is 0 Å². The zero-order valence-corrected chi connectivity index (χ0v) is 30.9. The number of morpholine rings is 3. The second-order valence-electron chi connectivity index (χ2n) is 12.8. The molecule has 0 spiro atoms. The van der Waals surface area contributed by atoms with E-state index in [0.29, 0.717) is 16.1 Å². The third kappa shape index (κ3) is 8.33. The second kappa shape index (κ2) is 17.0. The van der Waals surface area contributed by atoms with Gasteiger partial charge in [0, 0.05) is 65.9 Å². The van der Waals surface area contributed by atoms with Crippen LogP contribution in [0.25, 0.3) is 33.2 Å². The van der Waals surface area contributed by atoms with Crippen LogP contribution in [0.5, 0.6) is 0 Å². The topological polar surface area (TPSA) is 108 Å². The first kappa shape index (κ1) is 36.1. The summed E-state index contributed by atoms with van der Waals surface area (Å²) in [5.41, 5.74) is 3.92. The summed E-state index contributed by atoms with van der Waals surface area (Å²) in [5, 5.41) is 16.5. The molecule has 3 aliphatic heterocycles. The van der Waals surface area contributed by atoms with Gasteiger partial charge in [-0.15, -0.1) is 10.2 Å². The van der Waals surface area contributed by atoms with Gasteiger partial charge in [0.2, 0.25) is 0 Å². The maximum absolute atomic E-state index is 6.00. The molecular weight excluding hydrogens is 701 g/mol. The van der Waals surface area contributed by atoms with Gasteiger partial charge in [-0.05, 0) is 74.5 Å². The molecule has 6 aromatic rings. The molecule has 0 aliphatic carbocycles. The van der Waals surface area contributed by atoms with Gasteiger partial charge >= 0.3 is 0 Å². The van der Waals surface area contributed by atoms with E-state index in [-0.39, 0.29) is 6.10 Å².